The van der Waals surface area contributed by atoms with Crippen LogP contribution in [-0.2, 0) is 4.79 Å². The van der Waals surface area contributed by atoms with Crippen LogP contribution < -0.4 is 0 Å². The first-order valence-electron chi connectivity index (χ1n) is 2.71. The van der Waals surface area contributed by atoms with E-state index in [-0.39, 0.29) is 0 Å². The van der Waals surface area contributed by atoms with Gasteiger partial charge in [-0.2, -0.15) is 0 Å². The number of rotatable bonds is 1. The third-order valence-electron chi connectivity index (χ3n) is 1.14. The molecule has 0 spiro atoms. The number of allylic oxidation sites excluding steroid dienone is 1. The summed E-state index contributed by atoms with van der Waals surface area (Å²) in [6.45, 7) is 0.329. The summed E-state index contributed by atoms with van der Waals surface area (Å²) in [5.41, 5.74) is 0.400. The van der Waals surface area contributed by atoms with E-state index in [1.807, 2.05) is 0 Å². The van der Waals surface area contributed by atoms with E-state index in [1.165, 1.54) is 0 Å². The van der Waals surface area contributed by atoms with Crippen LogP contribution in [0.3, 0.4) is 0 Å². The fourth-order valence-electron chi connectivity index (χ4n) is 0.652. The van der Waals surface area contributed by atoms with Crippen molar-refractivity contribution in [3.8, 4) is 0 Å². The Hall–Kier alpha value is -1.12. The number of hydrogen-bond acceptors (Lipinski definition) is 2. The second-order valence-corrected chi connectivity index (χ2v) is 1.79. The Labute approximate surface area is 52.7 Å². The highest BCUT2D eigenvalue weighted by Gasteiger charge is 2.06. The molecule has 0 aromatic heterocycles. The average Bonchev–Trinajstić information content (AvgIpc) is 1.90. The van der Waals surface area contributed by atoms with Crippen LogP contribution >= 0.6 is 0 Å². The second-order valence-electron chi connectivity index (χ2n) is 1.79. The van der Waals surface area contributed by atoms with E-state index >= 15 is 0 Å². The highest BCUT2D eigenvalue weighted by molar-refractivity contribution is 5.88. The van der Waals surface area contributed by atoms with Gasteiger partial charge in [0, 0.05) is 12.6 Å². The fourth-order valence-corrected chi connectivity index (χ4v) is 0.652. The number of carboxylic acid groups (broad SMARTS) is 1. The number of aliphatic imine (C=N–C) groups is 1. The number of dihydropyridines is 1. The Kier molecular flexibility index (Phi) is 1.63. The van der Waals surface area contributed by atoms with Crippen molar-refractivity contribution in [1.29, 1.82) is 0 Å². The minimum absolute atomic E-state index is 0.329. The van der Waals surface area contributed by atoms with Crippen LogP contribution in [0.2, 0.25) is 0 Å². The lowest BCUT2D eigenvalue weighted by atomic mass is 10.2. The zero-order valence-electron chi connectivity index (χ0n) is 4.87. The highest BCUT2D eigenvalue weighted by Crippen LogP contribution is 2.01. The van der Waals surface area contributed by atoms with Gasteiger partial charge in [-0.3, -0.25) is 4.99 Å². The van der Waals surface area contributed by atoms with E-state index in [4.69, 9.17) is 5.11 Å². The van der Waals surface area contributed by atoms with Crippen LogP contribution in [0, 0.1) is 0 Å². The van der Waals surface area contributed by atoms with Gasteiger partial charge in [-0.15, -0.1) is 0 Å². The normalized spacial score (nSPS) is 17.1. The number of nitrogens with zero attached hydrogens (tertiary/aromatic N) is 1. The van der Waals surface area contributed by atoms with Crippen molar-refractivity contribution in [3.05, 3.63) is 11.6 Å². The van der Waals surface area contributed by atoms with Gasteiger partial charge < -0.3 is 5.11 Å². The molecule has 1 heterocycles. The van der Waals surface area contributed by atoms with E-state index in [2.05, 4.69) is 4.99 Å². The van der Waals surface area contributed by atoms with Crippen molar-refractivity contribution < 1.29 is 9.90 Å². The van der Waals surface area contributed by atoms with Gasteiger partial charge in [0.15, 0.2) is 0 Å². The van der Waals surface area contributed by atoms with Gasteiger partial charge in [-0.05, 0) is 0 Å². The van der Waals surface area contributed by atoms with E-state index in [1.54, 1.807) is 12.3 Å². The topological polar surface area (TPSA) is 49.7 Å². The molecule has 0 aromatic carbocycles. The Balaban J connectivity index is 2.61. The maximum atomic E-state index is 10.2. The van der Waals surface area contributed by atoms with Gasteiger partial charge >= 0.3 is 5.97 Å². The molecule has 0 bridgehead atoms. The van der Waals surface area contributed by atoms with Crippen LogP contribution in [0.5, 0.6) is 0 Å². The molecular weight excluding hydrogens is 118 g/mol. The van der Waals surface area contributed by atoms with Gasteiger partial charge in [0.25, 0.3) is 0 Å². The zero-order chi connectivity index (χ0) is 6.69. The minimum Gasteiger partial charge on any atom is -0.478 e. The van der Waals surface area contributed by atoms with Crippen molar-refractivity contribution in [2.75, 3.05) is 6.54 Å². The predicted octanol–water partition coefficient (Wildman–Crippen LogP) is 0.472. The first-order valence-corrected chi connectivity index (χ1v) is 2.71. The zero-order valence-corrected chi connectivity index (χ0v) is 4.87. The summed E-state index contributed by atoms with van der Waals surface area (Å²) in [5.74, 6) is -0.855. The van der Waals surface area contributed by atoms with Crippen molar-refractivity contribution in [3.63, 3.8) is 0 Å². The molecule has 1 N–H and O–H groups in total. The number of carbonyl (C=O) groups is 1. The highest BCUT2D eigenvalue weighted by atomic mass is 16.4. The third-order valence-corrected chi connectivity index (χ3v) is 1.14. The van der Waals surface area contributed by atoms with E-state index in [0.717, 1.165) is 0 Å². The number of carboxylic acids is 1. The molecule has 0 atom stereocenters. The SMILES string of the molecule is O=C(O)C1=CCC=NC1. The summed E-state index contributed by atoms with van der Waals surface area (Å²) < 4.78 is 0. The summed E-state index contributed by atoms with van der Waals surface area (Å²) in [5, 5.41) is 8.40. The van der Waals surface area contributed by atoms with E-state index in [9.17, 15) is 4.79 Å². The van der Waals surface area contributed by atoms with Crippen molar-refractivity contribution in [2.45, 2.75) is 6.42 Å². The molecule has 0 unspecified atom stereocenters. The van der Waals surface area contributed by atoms with Crippen LogP contribution in [0.15, 0.2) is 16.6 Å². The summed E-state index contributed by atoms with van der Waals surface area (Å²) in [6, 6.07) is 0. The molecule has 3 heteroatoms. The van der Waals surface area contributed by atoms with E-state index in [0.29, 0.717) is 18.5 Å². The molecule has 1 aliphatic heterocycles. The first-order chi connectivity index (χ1) is 4.30. The van der Waals surface area contributed by atoms with Crippen molar-refractivity contribution >= 4 is 12.2 Å². The summed E-state index contributed by atoms with van der Waals surface area (Å²) >= 11 is 0. The second kappa shape index (κ2) is 2.44. The predicted molar refractivity (Wildman–Crippen MR) is 33.7 cm³/mol. The Morgan fingerprint density at radius 1 is 1.78 bits per heavy atom. The van der Waals surface area contributed by atoms with Gasteiger partial charge in [0.2, 0.25) is 0 Å². The number of aliphatic carboxylic acids is 1. The molecule has 0 aromatic rings. The van der Waals surface area contributed by atoms with Crippen LogP contribution in [0.1, 0.15) is 6.42 Å². The molecule has 1 aliphatic rings. The standard InChI is InChI=1S/C6H7NO2/c8-6(9)5-2-1-3-7-4-5/h2-3H,1,4H2,(H,8,9). The monoisotopic (exact) mass is 125 g/mol. The number of hydrogen-bond donors (Lipinski definition) is 1. The molecule has 1 rings (SSSR count). The molecule has 48 valence electrons. The van der Waals surface area contributed by atoms with Gasteiger partial charge in [-0.25, -0.2) is 4.79 Å². The molecule has 0 saturated carbocycles. The molecule has 0 saturated heterocycles. The molecule has 0 aliphatic carbocycles. The summed E-state index contributed by atoms with van der Waals surface area (Å²) in [7, 11) is 0. The summed E-state index contributed by atoms with van der Waals surface area (Å²) in [4.78, 5) is 14.0. The molecule has 3 nitrogen and oxygen atoms in total. The van der Waals surface area contributed by atoms with Crippen LogP contribution in [0.25, 0.3) is 0 Å². The lowest BCUT2D eigenvalue weighted by molar-refractivity contribution is -0.132. The Bertz CT molecular complexity index is 181. The Morgan fingerprint density at radius 2 is 2.56 bits per heavy atom. The first kappa shape index (κ1) is 6.01. The maximum absolute atomic E-state index is 10.2. The van der Waals surface area contributed by atoms with Gasteiger partial charge in [0.05, 0.1) is 12.1 Å². The quantitative estimate of drug-likeness (QED) is 0.553. The minimum atomic E-state index is -0.855. The van der Waals surface area contributed by atoms with Gasteiger partial charge in [0.1, 0.15) is 0 Å². The van der Waals surface area contributed by atoms with Crippen molar-refractivity contribution in [1.82, 2.24) is 0 Å². The lowest BCUT2D eigenvalue weighted by Gasteiger charge is -2.00. The largest absolute Gasteiger partial charge is 0.478 e. The molecule has 0 fully saturated rings. The van der Waals surface area contributed by atoms with Gasteiger partial charge in [-0.1, -0.05) is 6.08 Å². The molecule has 0 amide bonds. The van der Waals surface area contributed by atoms with Crippen molar-refractivity contribution in [2.24, 2.45) is 4.99 Å². The smallest absolute Gasteiger partial charge is 0.333 e. The van der Waals surface area contributed by atoms with E-state index < -0.39 is 5.97 Å². The lowest BCUT2D eigenvalue weighted by Crippen LogP contribution is -2.06. The molecule has 0 radical (unpaired) electrons. The Morgan fingerprint density at radius 3 is 2.89 bits per heavy atom. The third kappa shape index (κ3) is 1.38. The fraction of sp³-hybridized carbons (Fsp3) is 0.333. The van der Waals surface area contributed by atoms with Crippen LogP contribution in [-0.4, -0.2) is 23.8 Å². The van der Waals surface area contributed by atoms with Crippen LogP contribution in [0.4, 0.5) is 0 Å². The molecular formula is C6H7NO2. The molecule has 9 heavy (non-hydrogen) atoms. The average molecular weight is 125 g/mol. The maximum Gasteiger partial charge on any atom is 0.333 e. The summed E-state index contributed by atoms with van der Waals surface area (Å²) in [6.07, 6.45) is 4.05.